The molecule has 1 aliphatic heterocycles. The molecule has 3 heterocycles. The van der Waals surface area contributed by atoms with Crippen LogP contribution in [0.3, 0.4) is 0 Å². The van der Waals surface area contributed by atoms with Crippen LogP contribution in [0.15, 0.2) is 22.8 Å². The number of hydrogen-bond donors (Lipinski definition) is 1. The van der Waals surface area contributed by atoms with Gasteiger partial charge in [-0.2, -0.15) is 0 Å². The number of anilines is 1. The molecule has 1 N–H and O–H groups in total. The first-order valence-corrected chi connectivity index (χ1v) is 7.72. The van der Waals surface area contributed by atoms with E-state index in [2.05, 4.69) is 5.32 Å². The maximum absolute atomic E-state index is 12.6. The van der Waals surface area contributed by atoms with Crippen molar-refractivity contribution in [1.29, 1.82) is 0 Å². The highest BCUT2D eigenvalue weighted by molar-refractivity contribution is 7.17. The topological polar surface area (TPSA) is 68.5 Å². The molecule has 110 valence electrons. The molecule has 0 saturated heterocycles. The molecule has 0 atom stereocenters. The minimum Gasteiger partial charge on any atom is -0.461 e. The molecule has 3 rings (SSSR count). The van der Waals surface area contributed by atoms with E-state index in [1.165, 1.54) is 17.6 Å². The van der Waals surface area contributed by atoms with Gasteiger partial charge in [-0.15, -0.1) is 22.9 Å². The Morgan fingerprint density at radius 1 is 1.43 bits per heavy atom. The van der Waals surface area contributed by atoms with Crippen molar-refractivity contribution in [2.45, 2.75) is 13.0 Å². The molecule has 0 saturated carbocycles. The number of hydrogen-bond acceptors (Lipinski definition) is 5. The zero-order valence-corrected chi connectivity index (χ0v) is 12.6. The van der Waals surface area contributed by atoms with Crippen molar-refractivity contribution in [3.63, 3.8) is 0 Å². The number of fused-ring (bicyclic) bond motifs is 1. The van der Waals surface area contributed by atoms with Crippen molar-refractivity contribution in [3.8, 4) is 0 Å². The van der Waals surface area contributed by atoms with Crippen LogP contribution in [0.25, 0.3) is 0 Å². The fraction of sp³-hybridized carbons (Fsp3) is 0.286. The van der Waals surface area contributed by atoms with E-state index in [1.54, 1.807) is 12.1 Å². The lowest BCUT2D eigenvalue weighted by Gasteiger charge is -2.12. The normalized spacial score (nSPS) is 13.8. The first-order chi connectivity index (χ1) is 10.2. The van der Waals surface area contributed by atoms with Crippen LogP contribution in [-0.2, 0) is 22.6 Å². The fourth-order valence-corrected chi connectivity index (χ4v) is 3.52. The molecule has 5 nitrogen and oxygen atoms in total. The first kappa shape index (κ1) is 14.3. The molecule has 1 amide bonds. The molecule has 0 radical (unpaired) electrons. The van der Waals surface area contributed by atoms with Crippen LogP contribution in [0.5, 0.6) is 0 Å². The van der Waals surface area contributed by atoms with E-state index in [1.807, 2.05) is 0 Å². The number of halogens is 1. The van der Waals surface area contributed by atoms with E-state index < -0.39 is 0 Å². The Bertz CT molecular complexity index is 677. The minimum absolute atomic E-state index is 0.159. The third-order valence-corrected chi connectivity index (χ3v) is 4.53. The highest BCUT2D eigenvalue weighted by atomic mass is 35.5. The number of thiophene rings is 1. The first-order valence-electron chi connectivity index (χ1n) is 6.37. The lowest BCUT2D eigenvalue weighted by atomic mass is 10.0. The Morgan fingerprint density at radius 3 is 3.00 bits per heavy atom. The summed E-state index contributed by atoms with van der Waals surface area (Å²) in [6.45, 7) is 1.01. The number of amides is 1. The average molecular weight is 326 g/mol. The van der Waals surface area contributed by atoms with Crippen molar-refractivity contribution in [2.24, 2.45) is 0 Å². The number of ether oxygens (including phenoxy) is 1. The molecule has 0 unspecified atom stereocenters. The van der Waals surface area contributed by atoms with Gasteiger partial charge >= 0.3 is 0 Å². The predicted molar refractivity (Wildman–Crippen MR) is 79.2 cm³/mol. The van der Waals surface area contributed by atoms with E-state index >= 15 is 0 Å². The van der Waals surface area contributed by atoms with E-state index in [9.17, 15) is 9.59 Å². The second-order valence-corrected chi connectivity index (χ2v) is 5.87. The van der Waals surface area contributed by atoms with Crippen molar-refractivity contribution in [3.05, 3.63) is 40.2 Å². The number of rotatable bonds is 4. The monoisotopic (exact) mass is 325 g/mol. The second kappa shape index (κ2) is 6.01. The van der Waals surface area contributed by atoms with Crippen molar-refractivity contribution in [1.82, 2.24) is 0 Å². The maximum atomic E-state index is 12.6. The van der Waals surface area contributed by atoms with Gasteiger partial charge in [-0.05, 0) is 24.1 Å². The van der Waals surface area contributed by atoms with Gasteiger partial charge in [-0.1, -0.05) is 0 Å². The smallest absolute Gasteiger partial charge is 0.239 e. The van der Waals surface area contributed by atoms with E-state index in [0.29, 0.717) is 30.2 Å². The number of carbonyl (C=O) groups excluding carboxylic acids is 2. The lowest BCUT2D eigenvalue weighted by Crippen LogP contribution is -2.16. The molecular formula is C14H12ClNO4S. The van der Waals surface area contributed by atoms with Gasteiger partial charge in [0.05, 0.1) is 25.0 Å². The highest BCUT2D eigenvalue weighted by Gasteiger charge is 2.28. The molecule has 0 aliphatic carbocycles. The summed E-state index contributed by atoms with van der Waals surface area (Å²) in [6, 6.07) is 3.27. The van der Waals surface area contributed by atoms with Gasteiger partial charge in [-0.25, -0.2) is 0 Å². The Kier molecular flexibility index (Phi) is 4.10. The molecule has 2 aromatic rings. The molecule has 0 bridgehead atoms. The van der Waals surface area contributed by atoms with Crippen LogP contribution in [0.4, 0.5) is 5.00 Å². The van der Waals surface area contributed by atoms with Crippen molar-refractivity contribution in [2.75, 3.05) is 17.8 Å². The quantitative estimate of drug-likeness (QED) is 0.693. The number of carbonyl (C=O) groups is 2. The summed E-state index contributed by atoms with van der Waals surface area (Å²) >= 11 is 6.88. The van der Waals surface area contributed by atoms with Gasteiger partial charge in [0.15, 0.2) is 5.76 Å². The second-order valence-electron chi connectivity index (χ2n) is 4.50. The Morgan fingerprint density at radius 2 is 2.29 bits per heavy atom. The molecule has 2 aromatic heterocycles. The minimum atomic E-state index is -0.343. The van der Waals surface area contributed by atoms with Crippen LogP contribution in [-0.4, -0.2) is 24.2 Å². The third-order valence-electron chi connectivity index (χ3n) is 3.17. The van der Waals surface area contributed by atoms with E-state index in [0.717, 1.165) is 10.4 Å². The molecule has 1 aliphatic rings. The van der Waals surface area contributed by atoms with Gasteiger partial charge in [0.1, 0.15) is 10.9 Å². The number of nitrogens with one attached hydrogen (secondary N) is 1. The standard InChI is InChI=1S/C14H12ClNO4S/c15-6-11(17)16-14-12(13(18)9-2-1-4-20-9)8-3-5-19-7-10(8)21-14/h1-2,4H,3,5-7H2,(H,16,17). The molecule has 7 heteroatoms. The van der Waals surface area contributed by atoms with Crippen LogP contribution >= 0.6 is 22.9 Å². The summed E-state index contributed by atoms with van der Waals surface area (Å²) in [5.41, 5.74) is 1.42. The van der Waals surface area contributed by atoms with Crippen molar-refractivity contribution >= 4 is 39.6 Å². The molecule has 0 spiro atoms. The average Bonchev–Trinajstić information content (AvgIpc) is 3.13. The number of furan rings is 1. The summed E-state index contributed by atoms with van der Waals surface area (Å²) in [5, 5.41) is 3.20. The lowest BCUT2D eigenvalue weighted by molar-refractivity contribution is -0.113. The third kappa shape index (κ3) is 2.74. The van der Waals surface area contributed by atoms with Gasteiger partial charge in [0, 0.05) is 4.88 Å². The van der Waals surface area contributed by atoms with Crippen molar-refractivity contribution < 1.29 is 18.7 Å². The van der Waals surface area contributed by atoms with Gasteiger partial charge in [-0.3, -0.25) is 9.59 Å². The number of ketones is 1. The summed E-state index contributed by atoms with van der Waals surface area (Å²) in [7, 11) is 0. The SMILES string of the molecule is O=C(CCl)Nc1sc2c(c1C(=O)c1ccco1)CCOC2. The zero-order chi connectivity index (χ0) is 14.8. The summed E-state index contributed by atoms with van der Waals surface area (Å²) in [4.78, 5) is 25.1. The molecule has 21 heavy (non-hydrogen) atoms. The molecular weight excluding hydrogens is 314 g/mol. The Hall–Kier alpha value is -1.63. The van der Waals surface area contributed by atoms with Crippen LogP contribution in [0.1, 0.15) is 26.6 Å². The van der Waals surface area contributed by atoms with Gasteiger partial charge < -0.3 is 14.5 Å². The van der Waals surface area contributed by atoms with E-state index in [4.69, 9.17) is 20.8 Å². The Labute approximate surface area is 129 Å². The summed E-state index contributed by atoms with van der Waals surface area (Å²) in [5.74, 6) is -0.481. The number of alkyl halides is 1. The van der Waals surface area contributed by atoms with E-state index in [-0.39, 0.29) is 23.3 Å². The largest absolute Gasteiger partial charge is 0.461 e. The molecule has 0 fully saturated rings. The highest BCUT2D eigenvalue weighted by Crippen LogP contribution is 2.37. The zero-order valence-electron chi connectivity index (χ0n) is 11.0. The van der Waals surface area contributed by atoms with Crippen LogP contribution in [0, 0.1) is 0 Å². The maximum Gasteiger partial charge on any atom is 0.239 e. The summed E-state index contributed by atoms with van der Waals surface area (Å²) in [6.07, 6.45) is 2.09. The van der Waals surface area contributed by atoms with Crippen LogP contribution < -0.4 is 5.32 Å². The summed E-state index contributed by atoms with van der Waals surface area (Å²) < 4.78 is 10.6. The van der Waals surface area contributed by atoms with Gasteiger partial charge in [0.25, 0.3) is 0 Å². The van der Waals surface area contributed by atoms with Gasteiger partial charge in [0.2, 0.25) is 11.7 Å². The molecule has 0 aromatic carbocycles. The fourth-order valence-electron chi connectivity index (χ4n) is 2.25. The Balaban J connectivity index is 2.05. The van der Waals surface area contributed by atoms with Crippen LogP contribution in [0.2, 0.25) is 0 Å². The predicted octanol–water partition coefficient (Wildman–Crippen LogP) is 2.82.